The molecule has 1 aliphatic heterocycles. The van der Waals surface area contributed by atoms with E-state index in [-0.39, 0.29) is 17.3 Å². The summed E-state index contributed by atoms with van der Waals surface area (Å²) < 4.78 is 3.77. The fourth-order valence-corrected chi connectivity index (χ4v) is 6.79. The Bertz CT molecular complexity index is 1470. The second kappa shape index (κ2) is 8.56. The van der Waals surface area contributed by atoms with Crippen molar-refractivity contribution in [2.24, 2.45) is 5.92 Å². The molecule has 6 nitrogen and oxygen atoms in total. The zero-order valence-corrected chi connectivity index (χ0v) is 19.6. The van der Waals surface area contributed by atoms with E-state index >= 15 is 0 Å². The largest absolute Gasteiger partial charge is 0.508 e. The van der Waals surface area contributed by atoms with Gasteiger partial charge in [-0.15, -0.1) is 11.3 Å². The number of benzene rings is 2. The number of hydrogen-bond acceptors (Lipinski definition) is 5. The van der Waals surface area contributed by atoms with Gasteiger partial charge in [0.1, 0.15) is 10.4 Å². The van der Waals surface area contributed by atoms with Crippen molar-refractivity contribution in [3.8, 4) is 5.75 Å². The van der Waals surface area contributed by atoms with Crippen LogP contribution >= 0.6 is 11.3 Å². The Hall–Kier alpha value is -3.16. The minimum absolute atomic E-state index is 0.166. The summed E-state index contributed by atoms with van der Waals surface area (Å²) in [5.41, 5.74) is 3.55. The molecular weight excluding hydrogens is 446 g/mol. The van der Waals surface area contributed by atoms with Crippen LogP contribution in [0.4, 0.5) is 0 Å². The molecule has 0 spiro atoms. The summed E-state index contributed by atoms with van der Waals surface area (Å²) in [5.74, 6) is 1.19. The number of thiophene rings is 1. The van der Waals surface area contributed by atoms with Crippen molar-refractivity contribution in [1.82, 2.24) is 14.5 Å². The first-order valence-electron chi connectivity index (χ1n) is 11.9. The zero-order chi connectivity index (χ0) is 23.2. The van der Waals surface area contributed by atoms with Crippen LogP contribution in [-0.2, 0) is 19.5 Å². The highest BCUT2D eigenvalue weighted by molar-refractivity contribution is 7.17. The molecule has 0 radical (unpaired) electrons. The van der Waals surface area contributed by atoms with E-state index in [4.69, 9.17) is 0 Å². The van der Waals surface area contributed by atoms with E-state index in [0.717, 1.165) is 30.5 Å². The van der Waals surface area contributed by atoms with Crippen molar-refractivity contribution < 1.29 is 5.11 Å². The van der Waals surface area contributed by atoms with Crippen LogP contribution in [-0.4, -0.2) is 26.8 Å². The van der Waals surface area contributed by atoms with E-state index in [1.807, 2.05) is 47.8 Å². The van der Waals surface area contributed by atoms with Gasteiger partial charge in [-0.05, 0) is 65.9 Å². The van der Waals surface area contributed by atoms with Gasteiger partial charge in [0.05, 0.1) is 12.1 Å². The van der Waals surface area contributed by atoms with Crippen LogP contribution in [0, 0.1) is 5.92 Å². The van der Waals surface area contributed by atoms with Gasteiger partial charge in [0.2, 0.25) is 0 Å². The van der Waals surface area contributed by atoms with Crippen molar-refractivity contribution in [3.05, 3.63) is 97.5 Å². The lowest BCUT2D eigenvalue weighted by molar-refractivity contribution is 0.379. The van der Waals surface area contributed by atoms with E-state index < -0.39 is 0 Å². The van der Waals surface area contributed by atoms with Crippen LogP contribution in [0.3, 0.4) is 0 Å². The number of nitrogens with one attached hydrogen (secondary N) is 1. The van der Waals surface area contributed by atoms with Crippen LogP contribution in [0.2, 0.25) is 0 Å². The van der Waals surface area contributed by atoms with Crippen LogP contribution < -0.4 is 16.6 Å². The smallest absolute Gasteiger partial charge is 0.331 e. The molecule has 0 bridgehead atoms. The highest BCUT2D eigenvalue weighted by atomic mass is 32.1. The van der Waals surface area contributed by atoms with Crippen LogP contribution in [0.15, 0.2) is 69.6 Å². The first-order valence-corrected chi connectivity index (χ1v) is 12.8. The van der Waals surface area contributed by atoms with Crippen molar-refractivity contribution in [2.45, 2.75) is 44.3 Å². The molecule has 1 fully saturated rings. The van der Waals surface area contributed by atoms with Crippen LogP contribution in [0.1, 0.15) is 35.4 Å². The van der Waals surface area contributed by atoms with E-state index in [0.29, 0.717) is 47.3 Å². The normalized spacial score (nSPS) is 21.5. The van der Waals surface area contributed by atoms with Crippen molar-refractivity contribution in [2.75, 3.05) is 6.54 Å². The van der Waals surface area contributed by atoms with Crippen LogP contribution in [0.25, 0.3) is 10.2 Å². The summed E-state index contributed by atoms with van der Waals surface area (Å²) in [7, 11) is 0. The maximum Gasteiger partial charge on any atom is 0.331 e. The summed E-state index contributed by atoms with van der Waals surface area (Å²) in [6.45, 7) is 1.74. The Morgan fingerprint density at radius 1 is 1.03 bits per heavy atom. The maximum absolute atomic E-state index is 13.5. The standard InChI is InChI=1S/C27H27N3O3S/c31-23-8-4-7-20-19(23)10-9-18-15-28-21(24(18)20)11-13-29-26(32)25-22(12-14-34-25)30(27(29)33)16-17-5-2-1-3-6-17/h1-8,12,14,18,21,24,28,31H,9-11,13,15-16H2. The van der Waals surface area contributed by atoms with Gasteiger partial charge < -0.3 is 10.4 Å². The quantitative estimate of drug-likeness (QED) is 0.464. The Morgan fingerprint density at radius 2 is 1.88 bits per heavy atom. The van der Waals surface area contributed by atoms with E-state index in [1.165, 1.54) is 21.5 Å². The average Bonchev–Trinajstić information content (AvgIpc) is 3.50. The lowest BCUT2D eigenvalue weighted by Gasteiger charge is -2.31. The molecule has 2 N–H and O–H groups in total. The summed E-state index contributed by atoms with van der Waals surface area (Å²) in [4.78, 5) is 26.8. The molecule has 6 rings (SSSR count). The molecule has 0 saturated carbocycles. The van der Waals surface area contributed by atoms with Gasteiger partial charge in [0.25, 0.3) is 5.56 Å². The molecule has 2 aromatic heterocycles. The first kappa shape index (κ1) is 21.4. The molecular formula is C27H27N3O3S. The minimum atomic E-state index is -0.254. The lowest BCUT2D eigenvalue weighted by Crippen LogP contribution is -2.41. The van der Waals surface area contributed by atoms with Crippen molar-refractivity contribution in [1.29, 1.82) is 0 Å². The van der Waals surface area contributed by atoms with Crippen molar-refractivity contribution in [3.63, 3.8) is 0 Å². The van der Waals surface area contributed by atoms with Crippen LogP contribution in [0.5, 0.6) is 5.75 Å². The number of hydrogen-bond donors (Lipinski definition) is 2. The van der Waals surface area contributed by atoms with E-state index in [9.17, 15) is 14.7 Å². The molecule has 3 atom stereocenters. The number of phenols is 1. The Labute approximate surface area is 201 Å². The Morgan fingerprint density at radius 3 is 2.74 bits per heavy atom. The van der Waals surface area contributed by atoms with Gasteiger partial charge in [0, 0.05) is 18.5 Å². The predicted molar refractivity (Wildman–Crippen MR) is 135 cm³/mol. The number of aromatic hydroxyl groups is 1. The monoisotopic (exact) mass is 473 g/mol. The molecule has 2 aromatic carbocycles. The third-order valence-electron chi connectivity index (χ3n) is 7.58. The minimum Gasteiger partial charge on any atom is -0.508 e. The highest BCUT2D eigenvalue weighted by Crippen LogP contribution is 2.44. The Kier molecular flexibility index (Phi) is 5.38. The number of phenolic OH excluding ortho intramolecular Hbond substituents is 1. The molecule has 7 heteroatoms. The molecule has 3 unspecified atom stereocenters. The number of aromatic nitrogens is 2. The number of nitrogens with zero attached hydrogens (tertiary/aromatic N) is 2. The molecule has 1 saturated heterocycles. The first-order chi connectivity index (χ1) is 16.6. The Balaban J connectivity index is 1.33. The second-order valence-electron chi connectivity index (χ2n) is 9.42. The fourth-order valence-electron chi connectivity index (χ4n) is 5.94. The highest BCUT2D eigenvalue weighted by Gasteiger charge is 2.40. The third-order valence-corrected chi connectivity index (χ3v) is 8.47. The van der Waals surface area contributed by atoms with Gasteiger partial charge in [-0.2, -0.15) is 0 Å². The number of fused-ring (bicyclic) bond motifs is 4. The van der Waals surface area contributed by atoms with Crippen molar-refractivity contribution >= 4 is 21.6 Å². The third kappa shape index (κ3) is 3.51. The molecule has 2 aliphatic rings. The van der Waals surface area contributed by atoms with E-state index in [2.05, 4.69) is 11.4 Å². The van der Waals surface area contributed by atoms with Gasteiger partial charge >= 0.3 is 5.69 Å². The number of rotatable bonds is 5. The van der Waals surface area contributed by atoms with Gasteiger partial charge in [0.15, 0.2) is 0 Å². The van der Waals surface area contributed by atoms with Gasteiger partial charge in [-0.1, -0.05) is 42.5 Å². The summed E-state index contributed by atoms with van der Waals surface area (Å²) >= 11 is 1.39. The fraction of sp³-hybridized carbons (Fsp3) is 0.333. The molecule has 0 amide bonds. The molecule has 34 heavy (non-hydrogen) atoms. The second-order valence-corrected chi connectivity index (χ2v) is 10.3. The molecule has 1 aliphatic carbocycles. The molecule has 4 aromatic rings. The summed E-state index contributed by atoms with van der Waals surface area (Å²) in [6, 6.07) is 17.7. The summed E-state index contributed by atoms with van der Waals surface area (Å²) in [6.07, 6.45) is 2.63. The topological polar surface area (TPSA) is 76.3 Å². The van der Waals surface area contributed by atoms with E-state index in [1.54, 1.807) is 10.6 Å². The zero-order valence-electron chi connectivity index (χ0n) is 18.8. The average molecular weight is 474 g/mol. The molecule has 3 heterocycles. The maximum atomic E-state index is 13.5. The predicted octanol–water partition coefficient (Wildman–Crippen LogP) is 3.69. The molecule has 174 valence electrons. The SMILES string of the molecule is O=c1c2sccc2n(Cc2ccccc2)c(=O)n1CCC1NCC2CCc3c(O)cccc3C21. The summed E-state index contributed by atoms with van der Waals surface area (Å²) in [5, 5.41) is 15.9. The van der Waals surface area contributed by atoms with Gasteiger partial charge in [-0.3, -0.25) is 13.9 Å². The van der Waals surface area contributed by atoms with Gasteiger partial charge in [-0.25, -0.2) is 4.79 Å². The lowest BCUT2D eigenvalue weighted by atomic mass is 9.73.